The fourth-order valence-electron chi connectivity index (χ4n) is 3.60. The molecule has 156 valence electrons. The van der Waals surface area contributed by atoms with Crippen LogP contribution in [0.4, 0.5) is 13.2 Å². The van der Waals surface area contributed by atoms with E-state index in [1.807, 2.05) is 4.90 Å². The van der Waals surface area contributed by atoms with Gasteiger partial charge in [-0.1, -0.05) is 0 Å². The average molecular weight is 428 g/mol. The van der Waals surface area contributed by atoms with E-state index in [1.54, 1.807) is 29.9 Å². The zero-order chi connectivity index (χ0) is 21.0. The fourth-order valence-corrected chi connectivity index (χ4v) is 4.26. The quantitative estimate of drug-likeness (QED) is 0.808. The van der Waals surface area contributed by atoms with Crippen LogP contribution in [0.15, 0.2) is 35.4 Å². The second-order valence-electron chi connectivity index (χ2n) is 6.95. The first kappa shape index (κ1) is 21.2. The van der Waals surface area contributed by atoms with Gasteiger partial charge in [-0.25, -0.2) is 9.78 Å². The first-order valence-electron chi connectivity index (χ1n) is 8.83. The van der Waals surface area contributed by atoms with Gasteiger partial charge in [-0.3, -0.25) is 14.7 Å². The summed E-state index contributed by atoms with van der Waals surface area (Å²) in [5, 5.41) is 11.5. The normalized spacial score (nSPS) is 21.4. The highest BCUT2D eigenvalue weighted by atomic mass is 32.1. The summed E-state index contributed by atoms with van der Waals surface area (Å²) in [6.07, 6.45) is -0.357. The zero-order valence-corrected chi connectivity index (χ0v) is 16.1. The maximum Gasteiger partial charge on any atom is 0.490 e. The molecular weight excluding hydrogens is 409 g/mol. The van der Waals surface area contributed by atoms with Crippen molar-refractivity contribution in [3.63, 3.8) is 0 Å². The van der Waals surface area contributed by atoms with Crippen LogP contribution in [0.3, 0.4) is 0 Å². The molecule has 2 aromatic rings. The minimum Gasteiger partial charge on any atom is -0.475 e. The molecule has 2 aliphatic heterocycles. The van der Waals surface area contributed by atoms with Gasteiger partial charge >= 0.3 is 12.1 Å². The highest BCUT2D eigenvalue weighted by molar-refractivity contribution is 7.07. The van der Waals surface area contributed by atoms with Gasteiger partial charge in [-0.05, 0) is 34.2 Å². The van der Waals surface area contributed by atoms with E-state index in [-0.39, 0.29) is 5.91 Å². The summed E-state index contributed by atoms with van der Waals surface area (Å²) in [5.41, 5.74) is 1.86. The molecule has 0 radical (unpaired) electrons. The Labute approximate surface area is 168 Å². The summed E-state index contributed by atoms with van der Waals surface area (Å²) in [7, 11) is 0. The third-order valence-corrected chi connectivity index (χ3v) is 5.59. The number of likely N-dealkylation sites (tertiary alicyclic amines) is 2. The summed E-state index contributed by atoms with van der Waals surface area (Å²) < 4.78 is 31.7. The molecule has 0 unspecified atom stereocenters. The largest absolute Gasteiger partial charge is 0.490 e. The molecule has 2 aliphatic rings. The highest BCUT2D eigenvalue weighted by Crippen LogP contribution is 2.32. The van der Waals surface area contributed by atoms with Gasteiger partial charge in [0.15, 0.2) is 0 Å². The number of alkyl halides is 3. The first-order chi connectivity index (χ1) is 13.7. The van der Waals surface area contributed by atoms with Gasteiger partial charge in [-0.2, -0.15) is 24.5 Å². The Morgan fingerprint density at radius 2 is 1.83 bits per heavy atom. The van der Waals surface area contributed by atoms with Crippen molar-refractivity contribution in [2.24, 2.45) is 11.8 Å². The van der Waals surface area contributed by atoms with Crippen molar-refractivity contribution in [1.82, 2.24) is 19.8 Å². The molecule has 29 heavy (non-hydrogen) atoms. The van der Waals surface area contributed by atoms with Gasteiger partial charge in [0.25, 0.3) is 5.91 Å². The molecule has 0 saturated carbocycles. The molecule has 0 bridgehead atoms. The minimum atomic E-state index is -5.08. The molecule has 2 fully saturated rings. The summed E-state index contributed by atoms with van der Waals surface area (Å²) in [6, 6.07) is 2.20. The van der Waals surface area contributed by atoms with Gasteiger partial charge < -0.3 is 10.0 Å². The van der Waals surface area contributed by atoms with Crippen molar-refractivity contribution in [3.05, 3.63) is 46.7 Å². The van der Waals surface area contributed by atoms with Crippen LogP contribution in [0.2, 0.25) is 0 Å². The van der Waals surface area contributed by atoms with Crippen molar-refractivity contribution in [2.45, 2.75) is 12.7 Å². The van der Waals surface area contributed by atoms with E-state index in [0.717, 1.165) is 32.7 Å². The Morgan fingerprint density at radius 3 is 2.31 bits per heavy atom. The minimum absolute atomic E-state index is 0.0203. The van der Waals surface area contributed by atoms with Crippen LogP contribution in [0, 0.1) is 11.8 Å². The summed E-state index contributed by atoms with van der Waals surface area (Å²) in [4.78, 5) is 33.9. The predicted molar refractivity (Wildman–Crippen MR) is 98.2 cm³/mol. The lowest BCUT2D eigenvalue weighted by molar-refractivity contribution is -0.192. The van der Waals surface area contributed by atoms with Crippen LogP contribution in [-0.4, -0.2) is 69.1 Å². The fraction of sp³-hybridized carbons (Fsp3) is 0.444. The number of fused-ring (bicyclic) bond motifs is 1. The van der Waals surface area contributed by atoms with Crippen LogP contribution < -0.4 is 0 Å². The van der Waals surface area contributed by atoms with Crippen LogP contribution in [-0.2, 0) is 11.3 Å². The Kier molecular flexibility index (Phi) is 6.48. The maximum atomic E-state index is 12.4. The van der Waals surface area contributed by atoms with Gasteiger partial charge in [-0.15, -0.1) is 0 Å². The molecule has 4 rings (SSSR count). The van der Waals surface area contributed by atoms with Crippen LogP contribution in [0.5, 0.6) is 0 Å². The summed E-state index contributed by atoms with van der Waals surface area (Å²) >= 11 is 1.75. The number of thiophene rings is 1. The predicted octanol–water partition coefficient (Wildman–Crippen LogP) is 2.38. The maximum absolute atomic E-state index is 12.4. The Morgan fingerprint density at radius 1 is 1.17 bits per heavy atom. The van der Waals surface area contributed by atoms with E-state index in [2.05, 4.69) is 31.7 Å². The van der Waals surface area contributed by atoms with E-state index >= 15 is 0 Å². The third kappa shape index (κ3) is 5.51. The van der Waals surface area contributed by atoms with Crippen LogP contribution in [0.25, 0.3) is 0 Å². The number of aliphatic carboxylic acids is 1. The lowest BCUT2D eigenvalue weighted by atomic mass is 10.0. The molecule has 7 nitrogen and oxygen atoms in total. The number of hydrogen-bond donors (Lipinski definition) is 1. The lowest BCUT2D eigenvalue weighted by Gasteiger charge is -2.21. The average Bonchev–Trinajstić information content (AvgIpc) is 3.38. The third-order valence-electron chi connectivity index (χ3n) is 4.86. The number of carbonyl (C=O) groups excluding carboxylic acids is 1. The van der Waals surface area contributed by atoms with E-state index in [1.165, 1.54) is 5.56 Å². The van der Waals surface area contributed by atoms with Gasteiger partial charge in [0, 0.05) is 45.1 Å². The number of halogens is 3. The summed E-state index contributed by atoms with van der Waals surface area (Å²) in [5.74, 6) is -1.54. The van der Waals surface area contributed by atoms with Crippen molar-refractivity contribution in [3.8, 4) is 0 Å². The van der Waals surface area contributed by atoms with Crippen molar-refractivity contribution < 1.29 is 27.9 Å². The molecular formula is C18H19F3N4O3S. The Balaban J connectivity index is 0.000000298. The molecule has 2 atom stereocenters. The monoisotopic (exact) mass is 428 g/mol. The molecule has 4 heterocycles. The van der Waals surface area contributed by atoms with Gasteiger partial charge in [0.05, 0.1) is 6.20 Å². The van der Waals surface area contributed by atoms with Crippen molar-refractivity contribution in [1.29, 1.82) is 0 Å². The SMILES string of the molecule is O=C(O)C(F)(F)F.O=C(c1cnccn1)N1C[C@H]2CN(Cc3ccsc3)C[C@H]2C1. The van der Waals surface area contributed by atoms with Crippen molar-refractivity contribution >= 4 is 23.2 Å². The van der Waals surface area contributed by atoms with Crippen LogP contribution >= 0.6 is 11.3 Å². The van der Waals surface area contributed by atoms with Gasteiger partial charge in [0.2, 0.25) is 0 Å². The number of hydrogen-bond acceptors (Lipinski definition) is 6. The molecule has 11 heteroatoms. The second-order valence-corrected chi connectivity index (χ2v) is 7.73. The molecule has 2 aromatic heterocycles. The highest BCUT2D eigenvalue weighted by Gasteiger charge is 2.41. The number of aromatic nitrogens is 2. The number of carbonyl (C=O) groups is 2. The van der Waals surface area contributed by atoms with E-state index in [9.17, 15) is 18.0 Å². The molecule has 0 spiro atoms. The molecule has 0 aromatic carbocycles. The van der Waals surface area contributed by atoms with Crippen molar-refractivity contribution in [2.75, 3.05) is 26.2 Å². The topological polar surface area (TPSA) is 86.6 Å². The number of amides is 1. The van der Waals surface area contributed by atoms with Gasteiger partial charge in [0.1, 0.15) is 5.69 Å². The van der Waals surface area contributed by atoms with Crippen LogP contribution in [0.1, 0.15) is 16.1 Å². The molecule has 0 aliphatic carbocycles. The lowest BCUT2D eigenvalue weighted by Crippen LogP contribution is -2.33. The zero-order valence-electron chi connectivity index (χ0n) is 15.2. The molecule has 1 amide bonds. The molecule has 1 N–H and O–H groups in total. The Bertz CT molecular complexity index is 819. The molecule has 2 saturated heterocycles. The number of nitrogens with zero attached hydrogens (tertiary/aromatic N) is 4. The second kappa shape index (κ2) is 8.87. The smallest absolute Gasteiger partial charge is 0.475 e. The number of carboxylic acids is 1. The van der Waals surface area contributed by atoms with E-state index < -0.39 is 12.1 Å². The van der Waals surface area contributed by atoms with E-state index in [4.69, 9.17) is 9.90 Å². The Hall–Kier alpha value is -2.53. The van der Waals surface area contributed by atoms with E-state index in [0.29, 0.717) is 17.5 Å². The number of carboxylic acid groups (broad SMARTS) is 1. The summed E-state index contributed by atoms with van der Waals surface area (Å²) in [6.45, 7) is 4.91. The standard InChI is InChI=1S/C16H18N4OS.C2HF3O2/c21-16(15-5-17-2-3-18-15)20-9-13-7-19(8-14(13)10-20)6-12-1-4-22-11-12;3-2(4,5)1(6)7/h1-5,11,13-14H,6-10H2;(H,6,7)/t13-,14+;. The number of rotatable bonds is 3. The first-order valence-corrected chi connectivity index (χ1v) is 9.77.